The van der Waals surface area contributed by atoms with Gasteiger partial charge in [0.1, 0.15) is 5.76 Å². The lowest BCUT2D eigenvalue weighted by atomic mass is 10.0. The molecule has 1 N–H and O–H groups in total. The molecule has 19 heavy (non-hydrogen) atoms. The van der Waals surface area contributed by atoms with Crippen molar-refractivity contribution in [2.45, 2.75) is 78.2 Å². The molecule has 1 rings (SSSR count). The van der Waals surface area contributed by atoms with Crippen LogP contribution in [0.1, 0.15) is 82.6 Å². The van der Waals surface area contributed by atoms with Gasteiger partial charge in [0, 0.05) is 11.6 Å². The molecule has 1 unspecified atom stereocenters. The van der Waals surface area contributed by atoms with Gasteiger partial charge in [0.25, 0.3) is 0 Å². The Morgan fingerprint density at radius 2 is 1.74 bits per heavy atom. The van der Waals surface area contributed by atoms with E-state index < -0.39 is 0 Å². The standard InChI is InChI=1S/C17H31NO/c1-4-6-7-8-9-10-11-12-17(18-5-2)16-13-15(3)19-14-16/h13-14,17-18H,4-12H2,1-3H3. The van der Waals surface area contributed by atoms with Gasteiger partial charge in [-0.25, -0.2) is 0 Å². The summed E-state index contributed by atoms with van der Waals surface area (Å²) >= 11 is 0. The van der Waals surface area contributed by atoms with Crippen LogP contribution >= 0.6 is 0 Å². The molecule has 0 fully saturated rings. The Morgan fingerprint density at radius 3 is 2.32 bits per heavy atom. The molecule has 0 aliphatic carbocycles. The molecule has 0 bridgehead atoms. The van der Waals surface area contributed by atoms with Crippen LogP contribution in [0.25, 0.3) is 0 Å². The van der Waals surface area contributed by atoms with E-state index in [0.717, 1.165) is 12.3 Å². The van der Waals surface area contributed by atoms with Crippen LogP contribution in [0.2, 0.25) is 0 Å². The van der Waals surface area contributed by atoms with Crippen LogP contribution in [-0.2, 0) is 0 Å². The molecule has 2 heteroatoms. The van der Waals surface area contributed by atoms with E-state index in [1.807, 2.05) is 13.2 Å². The highest BCUT2D eigenvalue weighted by Gasteiger charge is 2.11. The average Bonchev–Trinajstić information content (AvgIpc) is 2.83. The highest BCUT2D eigenvalue weighted by molar-refractivity contribution is 5.16. The summed E-state index contributed by atoms with van der Waals surface area (Å²) in [6.07, 6.45) is 12.7. The first kappa shape index (κ1) is 16.3. The van der Waals surface area contributed by atoms with Crippen LogP contribution in [0.5, 0.6) is 0 Å². The smallest absolute Gasteiger partial charge is 0.101 e. The van der Waals surface area contributed by atoms with Gasteiger partial charge in [-0.15, -0.1) is 0 Å². The lowest BCUT2D eigenvalue weighted by molar-refractivity contribution is 0.467. The Labute approximate surface area is 119 Å². The van der Waals surface area contributed by atoms with Crippen molar-refractivity contribution >= 4 is 0 Å². The largest absolute Gasteiger partial charge is 0.469 e. The quantitative estimate of drug-likeness (QED) is 0.543. The predicted octanol–water partition coefficient (Wildman–Crippen LogP) is 5.38. The van der Waals surface area contributed by atoms with Crippen molar-refractivity contribution in [1.29, 1.82) is 0 Å². The second-order valence-electron chi connectivity index (χ2n) is 5.51. The molecule has 0 aliphatic heterocycles. The normalized spacial score (nSPS) is 12.8. The van der Waals surface area contributed by atoms with Crippen molar-refractivity contribution in [3.8, 4) is 0 Å². The first-order valence-electron chi connectivity index (χ1n) is 8.06. The van der Waals surface area contributed by atoms with E-state index in [2.05, 4.69) is 25.2 Å². The van der Waals surface area contributed by atoms with Gasteiger partial charge in [-0.3, -0.25) is 0 Å². The minimum atomic E-state index is 0.470. The SMILES string of the molecule is CCCCCCCCCC(NCC)c1coc(C)c1. The van der Waals surface area contributed by atoms with Gasteiger partial charge in [-0.05, 0) is 26.0 Å². The molecule has 0 radical (unpaired) electrons. The number of rotatable bonds is 11. The van der Waals surface area contributed by atoms with E-state index in [1.54, 1.807) is 0 Å². The minimum Gasteiger partial charge on any atom is -0.469 e. The van der Waals surface area contributed by atoms with E-state index in [0.29, 0.717) is 6.04 Å². The van der Waals surface area contributed by atoms with Gasteiger partial charge >= 0.3 is 0 Å². The topological polar surface area (TPSA) is 25.2 Å². The monoisotopic (exact) mass is 265 g/mol. The maximum atomic E-state index is 5.42. The summed E-state index contributed by atoms with van der Waals surface area (Å²) in [4.78, 5) is 0. The number of nitrogens with one attached hydrogen (secondary N) is 1. The second kappa shape index (κ2) is 10.1. The number of furan rings is 1. The van der Waals surface area contributed by atoms with Gasteiger partial charge in [0.05, 0.1) is 6.26 Å². The average molecular weight is 265 g/mol. The van der Waals surface area contributed by atoms with Crippen molar-refractivity contribution < 1.29 is 4.42 Å². The molecule has 0 aromatic carbocycles. The highest BCUT2D eigenvalue weighted by Crippen LogP contribution is 2.22. The number of hydrogen-bond acceptors (Lipinski definition) is 2. The number of hydrogen-bond donors (Lipinski definition) is 1. The Kier molecular flexibility index (Phi) is 8.64. The lowest BCUT2D eigenvalue weighted by Crippen LogP contribution is -2.20. The number of unbranched alkanes of at least 4 members (excludes halogenated alkanes) is 6. The molecule has 0 aliphatic rings. The van der Waals surface area contributed by atoms with Crippen LogP contribution in [-0.4, -0.2) is 6.54 Å². The summed E-state index contributed by atoms with van der Waals surface area (Å²) in [5.41, 5.74) is 1.31. The third-order valence-corrected chi connectivity index (χ3v) is 3.70. The zero-order valence-electron chi connectivity index (χ0n) is 13.0. The Balaban J connectivity index is 2.19. The van der Waals surface area contributed by atoms with Gasteiger partial charge < -0.3 is 9.73 Å². The molecule has 110 valence electrons. The predicted molar refractivity (Wildman–Crippen MR) is 82.5 cm³/mol. The third kappa shape index (κ3) is 6.81. The molecule has 0 amide bonds. The van der Waals surface area contributed by atoms with E-state index in [9.17, 15) is 0 Å². The summed E-state index contributed by atoms with van der Waals surface area (Å²) in [7, 11) is 0. The molecule has 0 saturated carbocycles. The van der Waals surface area contributed by atoms with E-state index in [1.165, 1.54) is 56.9 Å². The van der Waals surface area contributed by atoms with Crippen molar-refractivity contribution in [2.75, 3.05) is 6.54 Å². The Morgan fingerprint density at radius 1 is 1.05 bits per heavy atom. The Hall–Kier alpha value is -0.760. The fourth-order valence-corrected chi connectivity index (χ4v) is 2.59. The van der Waals surface area contributed by atoms with Gasteiger partial charge in [-0.2, -0.15) is 0 Å². The van der Waals surface area contributed by atoms with Crippen molar-refractivity contribution in [3.63, 3.8) is 0 Å². The van der Waals surface area contributed by atoms with Gasteiger partial charge in [0.15, 0.2) is 0 Å². The zero-order chi connectivity index (χ0) is 13.9. The van der Waals surface area contributed by atoms with E-state index in [4.69, 9.17) is 4.42 Å². The third-order valence-electron chi connectivity index (χ3n) is 3.70. The van der Waals surface area contributed by atoms with Crippen molar-refractivity contribution in [2.24, 2.45) is 0 Å². The van der Waals surface area contributed by atoms with Crippen molar-refractivity contribution in [1.82, 2.24) is 5.32 Å². The molecule has 0 spiro atoms. The maximum absolute atomic E-state index is 5.42. The van der Waals surface area contributed by atoms with Crippen LogP contribution in [0, 0.1) is 6.92 Å². The van der Waals surface area contributed by atoms with Crippen LogP contribution in [0.4, 0.5) is 0 Å². The first-order valence-corrected chi connectivity index (χ1v) is 8.06. The summed E-state index contributed by atoms with van der Waals surface area (Å²) in [5, 5.41) is 3.56. The lowest BCUT2D eigenvalue weighted by Gasteiger charge is -2.16. The summed E-state index contributed by atoms with van der Waals surface area (Å²) in [5.74, 6) is 1.01. The first-order chi connectivity index (χ1) is 9.27. The summed E-state index contributed by atoms with van der Waals surface area (Å²) < 4.78 is 5.42. The van der Waals surface area contributed by atoms with Gasteiger partial charge in [0.2, 0.25) is 0 Å². The molecular weight excluding hydrogens is 234 g/mol. The number of aryl methyl sites for hydroxylation is 1. The highest BCUT2D eigenvalue weighted by atomic mass is 16.3. The summed E-state index contributed by atoms with van der Waals surface area (Å²) in [6.45, 7) is 7.48. The fourth-order valence-electron chi connectivity index (χ4n) is 2.59. The molecular formula is C17H31NO. The fraction of sp³-hybridized carbons (Fsp3) is 0.765. The molecule has 1 aromatic rings. The molecule has 0 saturated heterocycles. The summed E-state index contributed by atoms with van der Waals surface area (Å²) in [6, 6.07) is 2.63. The van der Waals surface area contributed by atoms with Crippen LogP contribution in [0.15, 0.2) is 16.7 Å². The zero-order valence-corrected chi connectivity index (χ0v) is 13.0. The van der Waals surface area contributed by atoms with E-state index >= 15 is 0 Å². The second-order valence-corrected chi connectivity index (χ2v) is 5.51. The molecule has 2 nitrogen and oxygen atoms in total. The molecule has 1 atom stereocenters. The maximum Gasteiger partial charge on any atom is 0.101 e. The van der Waals surface area contributed by atoms with Gasteiger partial charge in [-0.1, -0.05) is 58.8 Å². The van der Waals surface area contributed by atoms with Crippen LogP contribution in [0.3, 0.4) is 0 Å². The Bertz CT molecular complexity index is 319. The molecule has 1 aromatic heterocycles. The minimum absolute atomic E-state index is 0.470. The van der Waals surface area contributed by atoms with Crippen LogP contribution < -0.4 is 5.32 Å². The van der Waals surface area contributed by atoms with Crippen molar-refractivity contribution in [3.05, 3.63) is 23.7 Å². The molecule has 1 heterocycles. The van der Waals surface area contributed by atoms with E-state index in [-0.39, 0.29) is 0 Å².